The molecule has 0 amide bonds. The van der Waals surface area contributed by atoms with Crippen LogP contribution in [0.2, 0.25) is 0 Å². The third-order valence-corrected chi connectivity index (χ3v) is 3.75. The number of hydrogen-bond donors (Lipinski definition) is 0. The summed E-state index contributed by atoms with van der Waals surface area (Å²) in [5.41, 5.74) is 1.82. The Morgan fingerprint density at radius 2 is 1.67 bits per heavy atom. The van der Waals surface area contributed by atoms with Gasteiger partial charge in [-0.25, -0.2) is 0 Å². The van der Waals surface area contributed by atoms with Crippen molar-refractivity contribution in [1.29, 1.82) is 0 Å². The lowest BCUT2D eigenvalue weighted by Gasteiger charge is -2.08. The Bertz CT molecular complexity index is 956. The van der Waals surface area contributed by atoms with Crippen molar-refractivity contribution in [2.45, 2.75) is 12.8 Å². The number of nitrogens with zero attached hydrogens (tertiary/aromatic N) is 2. The van der Waals surface area contributed by atoms with Gasteiger partial charge in [-0.2, -0.15) is 13.2 Å². The van der Waals surface area contributed by atoms with Gasteiger partial charge in [0.25, 0.3) is 0 Å². The second-order valence-corrected chi connectivity index (χ2v) is 5.79. The maximum Gasteiger partial charge on any atom is 0.411 e. The first-order valence-corrected chi connectivity index (χ1v) is 7.95. The van der Waals surface area contributed by atoms with E-state index < -0.39 is 12.8 Å². The molecule has 0 saturated carbocycles. The van der Waals surface area contributed by atoms with E-state index in [0.717, 1.165) is 0 Å². The molecule has 0 N–H and O–H groups in total. The van der Waals surface area contributed by atoms with Crippen LogP contribution >= 0.6 is 0 Å². The van der Waals surface area contributed by atoms with Crippen LogP contribution in [0.1, 0.15) is 5.56 Å². The Labute approximate surface area is 151 Å². The lowest BCUT2D eigenvalue weighted by molar-refractivity contribution is -0.176. The van der Waals surface area contributed by atoms with Crippen LogP contribution in [-0.2, 0) is 11.3 Å². The molecule has 0 spiro atoms. The third-order valence-electron chi connectivity index (χ3n) is 3.75. The molecule has 2 heterocycles. The monoisotopic (exact) mass is 378 g/mol. The molecular weight excluding hydrogens is 365 g/mol. The van der Waals surface area contributed by atoms with Gasteiger partial charge in [0, 0.05) is 11.1 Å². The van der Waals surface area contributed by atoms with Gasteiger partial charge >= 0.3 is 6.18 Å². The molecule has 0 radical (unpaired) electrons. The van der Waals surface area contributed by atoms with Gasteiger partial charge in [-0.15, -0.1) is 10.2 Å². The molecule has 2 aromatic carbocycles. The summed E-state index contributed by atoms with van der Waals surface area (Å²) in [7, 11) is 0. The number of alkyl halides is 3. The van der Waals surface area contributed by atoms with Crippen molar-refractivity contribution < 1.29 is 31.8 Å². The third kappa shape index (κ3) is 4.03. The predicted molar refractivity (Wildman–Crippen MR) is 87.0 cm³/mol. The van der Waals surface area contributed by atoms with E-state index in [-0.39, 0.29) is 19.3 Å². The van der Waals surface area contributed by atoms with Crippen molar-refractivity contribution in [1.82, 2.24) is 10.2 Å². The molecule has 1 aromatic heterocycles. The van der Waals surface area contributed by atoms with Gasteiger partial charge in [-0.1, -0.05) is 12.1 Å². The van der Waals surface area contributed by atoms with Crippen molar-refractivity contribution in [3.8, 4) is 34.4 Å². The van der Waals surface area contributed by atoms with Crippen molar-refractivity contribution in [3.63, 3.8) is 0 Å². The second kappa shape index (κ2) is 6.92. The summed E-state index contributed by atoms with van der Waals surface area (Å²) < 4.78 is 57.5. The summed E-state index contributed by atoms with van der Waals surface area (Å²) in [4.78, 5) is 0. The normalized spacial score (nSPS) is 13.1. The Morgan fingerprint density at radius 3 is 2.44 bits per heavy atom. The minimum Gasteiger partial charge on any atom is -0.454 e. The van der Waals surface area contributed by atoms with Crippen LogP contribution in [0.5, 0.6) is 11.5 Å². The summed E-state index contributed by atoms with van der Waals surface area (Å²) in [5, 5.41) is 8.03. The predicted octanol–water partition coefficient (Wildman–Crippen LogP) is 4.21. The lowest BCUT2D eigenvalue weighted by Crippen LogP contribution is -2.16. The van der Waals surface area contributed by atoms with Crippen molar-refractivity contribution in [2.75, 3.05) is 13.4 Å². The van der Waals surface area contributed by atoms with E-state index in [0.29, 0.717) is 34.1 Å². The van der Waals surface area contributed by atoms with Gasteiger partial charge in [0.15, 0.2) is 11.5 Å². The van der Waals surface area contributed by atoms with Crippen molar-refractivity contribution in [3.05, 3.63) is 48.0 Å². The molecule has 9 heteroatoms. The molecule has 0 unspecified atom stereocenters. The highest BCUT2D eigenvalue weighted by atomic mass is 19.4. The Hall–Kier alpha value is -3.07. The average molecular weight is 378 g/mol. The molecule has 0 atom stereocenters. The maximum atomic E-state index is 12.2. The van der Waals surface area contributed by atoms with Gasteiger partial charge in [0.1, 0.15) is 6.61 Å². The van der Waals surface area contributed by atoms with Crippen LogP contribution in [-0.4, -0.2) is 29.8 Å². The van der Waals surface area contributed by atoms with Crippen LogP contribution < -0.4 is 9.47 Å². The van der Waals surface area contributed by atoms with Crippen LogP contribution in [0.15, 0.2) is 46.9 Å². The first-order chi connectivity index (χ1) is 13.0. The quantitative estimate of drug-likeness (QED) is 0.663. The van der Waals surface area contributed by atoms with Crippen LogP contribution in [0.25, 0.3) is 22.9 Å². The maximum absolute atomic E-state index is 12.2. The summed E-state index contributed by atoms with van der Waals surface area (Å²) >= 11 is 0. The second-order valence-electron chi connectivity index (χ2n) is 5.79. The summed E-state index contributed by atoms with van der Waals surface area (Å²) in [6, 6.07) is 12.0. The number of aromatic nitrogens is 2. The molecule has 0 fully saturated rings. The zero-order valence-electron chi connectivity index (χ0n) is 13.8. The zero-order valence-corrected chi connectivity index (χ0v) is 13.8. The van der Waals surface area contributed by atoms with E-state index in [2.05, 4.69) is 14.9 Å². The van der Waals surface area contributed by atoms with E-state index in [9.17, 15) is 13.2 Å². The fourth-order valence-corrected chi connectivity index (χ4v) is 2.56. The summed E-state index contributed by atoms with van der Waals surface area (Å²) in [6.07, 6.45) is -4.36. The van der Waals surface area contributed by atoms with Gasteiger partial charge < -0.3 is 18.6 Å². The molecular formula is C18H13F3N2O4. The number of benzene rings is 2. The van der Waals surface area contributed by atoms with E-state index in [1.165, 1.54) is 0 Å². The molecule has 1 aliphatic heterocycles. The van der Waals surface area contributed by atoms with Gasteiger partial charge in [-0.3, -0.25) is 0 Å². The molecule has 27 heavy (non-hydrogen) atoms. The Morgan fingerprint density at radius 1 is 0.926 bits per heavy atom. The van der Waals surface area contributed by atoms with E-state index in [1.807, 2.05) is 0 Å². The number of fused-ring (bicyclic) bond motifs is 1. The number of ether oxygens (including phenoxy) is 3. The Kier molecular flexibility index (Phi) is 4.44. The highest BCUT2D eigenvalue weighted by Crippen LogP contribution is 2.36. The molecule has 1 aliphatic rings. The smallest absolute Gasteiger partial charge is 0.411 e. The van der Waals surface area contributed by atoms with E-state index in [4.69, 9.17) is 13.9 Å². The standard InChI is InChI=1S/C18H13F3N2O4/c19-18(20,21)9-24-8-11-2-1-3-12(6-11)16-22-23-17(27-16)13-4-5-14-15(7-13)26-10-25-14/h1-7H,8-10H2. The fraction of sp³-hybridized carbons (Fsp3) is 0.222. The molecule has 3 aromatic rings. The van der Waals surface area contributed by atoms with Crippen LogP contribution in [0, 0.1) is 0 Å². The minimum atomic E-state index is -4.36. The minimum absolute atomic E-state index is 0.164. The van der Waals surface area contributed by atoms with Gasteiger partial charge in [0.05, 0.1) is 6.61 Å². The molecule has 0 bridgehead atoms. The molecule has 6 nitrogen and oxygen atoms in total. The highest BCUT2D eigenvalue weighted by molar-refractivity contribution is 5.62. The number of halogens is 3. The molecule has 0 aliphatic carbocycles. The zero-order chi connectivity index (χ0) is 18.9. The number of rotatable bonds is 5. The number of hydrogen-bond acceptors (Lipinski definition) is 6. The molecule has 140 valence electrons. The molecule has 4 rings (SSSR count). The first-order valence-electron chi connectivity index (χ1n) is 7.95. The summed E-state index contributed by atoms with van der Waals surface area (Å²) in [6.45, 7) is -1.31. The largest absolute Gasteiger partial charge is 0.454 e. The van der Waals surface area contributed by atoms with Gasteiger partial charge in [-0.05, 0) is 35.9 Å². The van der Waals surface area contributed by atoms with E-state index >= 15 is 0 Å². The Balaban J connectivity index is 1.50. The SMILES string of the molecule is FC(F)(F)COCc1cccc(-c2nnc(-c3ccc4c(c3)OCO4)o2)c1. The van der Waals surface area contributed by atoms with Crippen molar-refractivity contribution in [2.24, 2.45) is 0 Å². The van der Waals surface area contributed by atoms with Gasteiger partial charge in [0.2, 0.25) is 18.6 Å². The molecule has 0 saturated heterocycles. The summed E-state index contributed by atoms with van der Waals surface area (Å²) in [5.74, 6) is 1.78. The highest BCUT2D eigenvalue weighted by Gasteiger charge is 2.27. The average Bonchev–Trinajstić information content (AvgIpc) is 3.30. The van der Waals surface area contributed by atoms with E-state index in [1.54, 1.807) is 42.5 Å². The lowest BCUT2D eigenvalue weighted by atomic mass is 10.1. The van der Waals surface area contributed by atoms with Crippen LogP contribution in [0.3, 0.4) is 0 Å². The topological polar surface area (TPSA) is 66.6 Å². The first kappa shape index (κ1) is 17.3. The van der Waals surface area contributed by atoms with Crippen LogP contribution in [0.4, 0.5) is 13.2 Å². The van der Waals surface area contributed by atoms with Crippen molar-refractivity contribution >= 4 is 0 Å². The fourth-order valence-electron chi connectivity index (χ4n) is 2.56.